The van der Waals surface area contributed by atoms with Gasteiger partial charge in [-0.2, -0.15) is 0 Å². The summed E-state index contributed by atoms with van der Waals surface area (Å²) in [6.07, 6.45) is 0.859. The van der Waals surface area contributed by atoms with E-state index in [1.165, 1.54) is 0 Å². The molecule has 1 atom stereocenters. The summed E-state index contributed by atoms with van der Waals surface area (Å²) >= 11 is 0. The topological polar surface area (TPSA) is 20.3 Å². The highest BCUT2D eigenvalue weighted by molar-refractivity contribution is 5.92. The summed E-state index contributed by atoms with van der Waals surface area (Å²) in [5.74, 6) is 0.328. The Morgan fingerprint density at radius 1 is 1.20 bits per heavy atom. The van der Waals surface area contributed by atoms with Gasteiger partial charge in [-0.25, -0.2) is 0 Å². The Hall–Kier alpha value is -0.370. The monoisotopic (exact) mass is 213 g/mol. The van der Waals surface area contributed by atoms with E-state index in [9.17, 15) is 4.79 Å². The average molecular weight is 213 g/mol. The lowest BCUT2D eigenvalue weighted by Gasteiger charge is -2.43. The third-order valence-electron chi connectivity index (χ3n) is 3.41. The van der Waals surface area contributed by atoms with Crippen LogP contribution in [0.5, 0.6) is 0 Å². The summed E-state index contributed by atoms with van der Waals surface area (Å²) < 4.78 is 0. The molecule has 15 heavy (non-hydrogen) atoms. The van der Waals surface area contributed by atoms with Crippen LogP contribution in [0.25, 0.3) is 0 Å². The molecule has 0 radical (unpaired) electrons. The quantitative estimate of drug-likeness (QED) is 0.715. The number of rotatable bonds is 4. The first kappa shape index (κ1) is 14.6. The molecule has 0 aromatic rings. The highest BCUT2D eigenvalue weighted by Gasteiger charge is 2.42. The van der Waals surface area contributed by atoms with Crippen LogP contribution in [0.4, 0.5) is 0 Å². The van der Waals surface area contributed by atoms with Crippen molar-refractivity contribution in [2.75, 3.05) is 7.05 Å². The van der Waals surface area contributed by atoms with E-state index in [-0.39, 0.29) is 11.0 Å². The minimum absolute atomic E-state index is 0.270. The second kappa shape index (κ2) is 4.65. The molecule has 0 saturated carbocycles. The van der Waals surface area contributed by atoms with Gasteiger partial charge in [-0.3, -0.25) is 9.69 Å². The van der Waals surface area contributed by atoms with Gasteiger partial charge in [-0.1, -0.05) is 27.7 Å². The molecular formula is C13H27NO. The Kier molecular flexibility index (Phi) is 4.53. The largest absolute Gasteiger partial charge is 0.297 e. The van der Waals surface area contributed by atoms with Gasteiger partial charge in [0.25, 0.3) is 0 Å². The molecule has 0 heterocycles. The lowest BCUT2D eigenvalue weighted by molar-refractivity contribution is -0.139. The van der Waals surface area contributed by atoms with E-state index >= 15 is 0 Å². The fourth-order valence-corrected chi connectivity index (χ4v) is 1.95. The summed E-state index contributed by atoms with van der Waals surface area (Å²) in [6.45, 7) is 14.4. The molecule has 0 aliphatic rings. The van der Waals surface area contributed by atoms with Crippen LogP contribution in [0.1, 0.15) is 54.9 Å². The standard InChI is InChI=1S/C13H27NO/c1-9-13(7,14(8)10(2)3)11(15)12(4,5)6/h10H,9H2,1-8H3. The predicted octanol–water partition coefficient (Wildman–Crippen LogP) is 3.11. The van der Waals surface area contributed by atoms with Crippen molar-refractivity contribution in [2.24, 2.45) is 5.41 Å². The fraction of sp³-hybridized carbons (Fsp3) is 0.923. The van der Waals surface area contributed by atoms with E-state index in [2.05, 4.69) is 32.6 Å². The lowest BCUT2D eigenvalue weighted by Crippen LogP contribution is -2.56. The Morgan fingerprint density at radius 2 is 1.60 bits per heavy atom. The maximum absolute atomic E-state index is 12.4. The molecule has 0 aromatic heterocycles. The first-order valence-corrected chi connectivity index (χ1v) is 5.85. The molecule has 2 nitrogen and oxygen atoms in total. The number of Topliss-reactive ketones (excluding diaryl/α,β-unsaturated/α-hetero) is 1. The predicted molar refractivity (Wildman–Crippen MR) is 66.1 cm³/mol. The van der Waals surface area contributed by atoms with E-state index in [0.717, 1.165) is 6.42 Å². The van der Waals surface area contributed by atoms with Crippen molar-refractivity contribution in [3.8, 4) is 0 Å². The van der Waals surface area contributed by atoms with Crippen LogP contribution in [0.15, 0.2) is 0 Å². The lowest BCUT2D eigenvalue weighted by atomic mass is 9.76. The van der Waals surface area contributed by atoms with Crippen LogP contribution in [0.3, 0.4) is 0 Å². The van der Waals surface area contributed by atoms with Crippen molar-refractivity contribution in [2.45, 2.75) is 66.5 Å². The third kappa shape index (κ3) is 3.04. The molecule has 0 aliphatic heterocycles. The highest BCUT2D eigenvalue weighted by atomic mass is 16.1. The molecular weight excluding hydrogens is 186 g/mol. The van der Waals surface area contributed by atoms with Gasteiger partial charge >= 0.3 is 0 Å². The molecule has 1 unspecified atom stereocenters. The van der Waals surface area contributed by atoms with E-state index < -0.39 is 0 Å². The van der Waals surface area contributed by atoms with Crippen LogP contribution in [-0.4, -0.2) is 29.3 Å². The van der Waals surface area contributed by atoms with E-state index in [1.54, 1.807) is 0 Å². The minimum atomic E-state index is -0.341. The molecule has 0 bridgehead atoms. The number of carbonyl (C=O) groups excluding carboxylic acids is 1. The number of likely N-dealkylation sites (N-methyl/N-ethyl adjacent to an activating group) is 1. The zero-order chi connectivity index (χ0) is 12.4. The molecule has 0 N–H and O–H groups in total. The van der Waals surface area contributed by atoms with Gasteiger partial charge in [0.2, 0.25) is 0 Å². The molecule has 2 heteroatoms. The zero-order valence-corrected chi connectivity index (χ0v) is 11.6. The average Bonchev–Trinajstić information content (AvgIpc) is 2.12. The van der Waals surface area contributed by atoms with Crippen LogP contribution in [0.2, 0.25) is 0 Å². The van der Waals surface area contributed by atoms with Gasteiger partial charge in [-0.15, -0.1) is 0 Å². The number of hydrogen-bond donors (Lipinski definition) is 0. The van der Waals surface area contributed by atoms with Gasteiger partial charge in [0.05, 0.1) is 5.54 Å². The second-order valence-electron chi connectivity index (χ2n) is 5.91. The van der Waals surface area contributed by atoms with Crippen molar-refractivity contribution >= 4 is 5.78 Å². The van der Waals surface area contributed by atoms with Crippen LogP contribution in [-0.2, 0) is 4.79 Å². The van der Waals surface area contributed by atoms with Gasteiger partial charge in [-0.05, 0) is 34.2 Å². The fourth-order valence-electron chi connectivity index (χ4n) is 1.95. The zero-order valence-electron chi connectivity index (χ0n) is 11.6. The van der Waals surface area contributed by atoms with Gasteiger partial charge < -0.3 is 0 Å². The maximum atomic E-state index is 12.4. The molecule has 90 valence electrons. The van der Waals surface area contributed by atoms with Crippen LogP contribution in [0, 0.1) is 5.41 Å². The van der Waals surface area contributed by atoms with Crippen molar-refractivity contribution < 1.29 is 4.79 Å². The van der Waals surface area contributed by atoms with E-state index in [1.807, 2.05) is 27.8 Å². The second-order valence-corrected chi connectivity index (χ2v) is 5.91. The van der Waals surface area contributed by atoms with E-state index in [0.29, 0.717) is 11.8 Å². The summed E-state index contributed by atoms with van der Waals surface area (Å²) in [5, 5.41) is 0. The molecule has 0 amide bonds. The van der Waals surface area contributed by atoms with Crippen molar-refractivity contribution in [1.82, 2.24) is 4.90 Å². The normalized spacial score (nSPS) is 16.9. The Labute approximate surface area is 95.0 Å². The smallest absolute Gasteiger partial charge is 0.158 e. The van der Waals surface area contributed by atoms with E-state index in [4.69, 9.17) is 0 Å². The van der Waals surface area contributed by atoms with Crippen molar-refractivity contribution in [3.63, 3.8) is 0 Å². The molecule has 0 aromatic carbocycles. The Bertz CT molecular complexity index is 227. The van der Waals surface area contributed by atoms with Crippen LogP contribution < -0.4 is 0 Å². The number of nitrogens with zero attached hydrogens (tertiary/aromatic N) is 1. The number of hydrogen-bond acceptors (Lipinski definition) is 2. The van der Waals surface area contributed by atoms with Crippen LogP contribution >= 0.6 is 0 Å². The summed E-state index contributed by atoms with van der Waals surface area (Å²) in [7, 11) is 2.04. The van der Waals surface area contributed by atoms with Crippen molar-refractivity contribution in [1.29, 1.82) is 0 Å². The number of ketones is 1. The summed E-state index contributed by atoms with van der Waals surface area (Å²) in [5.41, 5.74) is -0.611. The maximum Gasteiger partial charge on any atom is 0.158 e. The first-order valence-electron chi connectivity index (χ1n) is 5.85. The Balaban J connectivity index is 5.10. The molecule has 0 rings (SSSR count). The summed E-state index contributed by atoms with van der Waals surface area (Å²) in [6, 6.07) is 0.390. The minimum Gasteiger partial charge on any atom is -0.297 e. The summed E-state index contributed by atoms with van der Waals surface area (Å²) in [4.78, 5) is 14.6. The molecule has 0 aliphatic carbocycles. The molecule has 0 spiro atoms. The molecule has 0 saturated heterocycles. The first-order chi connectivity index (χ1) is 6.57. The Morgan fingerprint density at radius 3 is 1.80 bits per heavy atom. The van der Waals surface area contributed by atoms with Gasteiger partial charge in [0.15, 0.2) is 5.78 Å². The molecule has 0 fully saturated rings. The number of carbonyl (C=O) groups is 1. The van der Waals surface area contributed by atoms with Crippen molar-refractivity contribution in [3.05, 3.63) is 0 Å². The van der Waals surface area contributed by atoms with Gasteiger partial charge in [0.1, 0.15) is 0 Å². The highest BCUT2D eigenvalue weighted by Crippen LogP contribution is 2.30. The van der Waals surface area contributed by atoms with Gasteiger partial charge in [0, 0.05) is 11.5 Å². The third-order valence-corrected chi connectivity index (χ3v) is 3.41. The SMILES string of the molecule is CCC(C)(C(=O)C(C)(C)C)N(C)C(C)C.